The van der Waals surface area contributed by atoms with Gasteiger partial charge in [0.15, 0.2) is 0 Å². The molecule has 2 N–H and O–H groups in total. The van der Waals surface area contributed by atoms with Gasteiger partial charge in [0.2, 0.25) is 11.9 Å². The normalized spacial score (nSPS) is 18.9. The molecule has 1 saturated heterocycles. The van der Waals surface area contributed by atoms with Crippen LogP contribution in [0.25, 0.3) is 11.3 Å². The Bertz CT molecular complexity index is 859. The molecule has 2 aromatic rings. The van der Waals surface area contributed by atoms with Gasteiger partial charge in [-0.05, 0) is 37.3 Å². The summed E-state index contributed by atoms with van der Waals surface area (Å²) in [6.07, 6.45) is 4.44. The second-order valence-electron chi connectivity index (χ2n) is 7.02. The molecule has 1 fully saturated rings. The summed E-state index contributed by atoms with van der Waals surface area (Å²) >= 11 is 0. The summed E-state index contributed by atoms with van der Waals surface area (Å²) in [5, 5.41) is 6.15. The molecular weight excluding hydrogens is 314 g/mol. The second kappa shape index (κ2) is 5.81. The summed E-state index contributed by atoms with van der Waals surface area (Å²) < 4.78 is 0. The Labute approximate surface area is 146 Å². The number of aryl methyl sites for hydroxylation is 1. The number of aromatic nitrogens is 2. The molecule has 6 nitrogen and oxygen atoms in total. The molecule has 1 aromatic carbocycles. The van der Waals surface area contributed by atoms with Gasteiger partial charge in [-0.2, -0.15) is 0 Å². The average molecular weight is 335 g/mol. The number of hydrogen-bond donors (Lipinski definition) is 2. The first kappa shape index (κ1) is 14.8. The summed E-state index contributed by atoms with van der Waals surface area (Å²) in [5.74, 6) is 0.868. The molecule has 1 aliphatic carbocycles. The van der Waals surface area contributed by atoms with Gasteiger partial charge < -0.3 is 15.5 Å². The maximum absolute atomic E-state index is 11.9. The number of hydrogen-bond acceptors (Lipinski definition) is 5. The lowest BCUT2D eigenvalue weighted by Gasteiger charge is -2.31. The predicted molar refractivity (Wildman–Crippen MR) is 96.7 cm³/mol. The molecule has 0 bridgehead atoms. The Kier molecular flexibility index (Phi) is 3.45. The van der Waals surface area contributed by atoms with Gasteiger partial charge in [-0.15, -0.1) is 0 Å². The van der Waals surface area contributed by atoms with Crippen molar-refractivity contribution in [3.8, 4) is 11.3 Å². The molecule has 0 saturated carbocycles. The van der Waals surface area contributed by atoms with Crippen LogP contribution in [-0.4, -0.2) is 35.5 Å². The van der Waals surface area contributed by atoms with Crippen molar-refractivity contribution in [2.45, 2.75) is 32.2 Å². The number of nitrogens with zero attached hydrogens (tertiary/aromatic N) is 3. The van der Waals surface area contributed by atoms with Gasteiger partial charge in [-0.25, -0.2) is 9.97 Å². The first-order valence-corrected chi connectivity index (χ1v) is 9.06. The molecule has 1 aromatic heterocycles. The molecule has 3 heterocycles. The molecule has 1 amide bonds. The van der Waals surface area contributed by atoms with Gasteiger partial charge in [0, 0.05) is 42.1 Å². The maximum Gasteiger partial charge on any atom is 0.238 e. The SMILES string of the molecule is O=C1CNCc2ccc(-c3nc(N4CCC4)nc4c3CCC4)cc2N1. The van der Waals surface area contributed by atoms with E-state index >= 15 is 0 Å². The van der Waals surface area contributed by atoms with Crippen molar-refractivity contribution in [1.82, 2.24) is 15.3 Å². The highest BCUT2D eigenvalue weighted by Crippen LogP contribution is 2.34. The Balaban J connectivity index is 1.61. The molecule has 0 unspecified atom stereocenters. The standard InChI is InChI=1S/C19H21N5O/c25-17-11-20-10-13-6-5-12(9-16(13)21-17)18-14-3-1-4-15(14)22-19(23-18)24-7-2-8-24/h5-6,9,20H,1-4,7-8,10-11H2,(H,21,25). The smallest absolute Gasteiger partial charge is 0.238 e. The Morgan fingerprint density at radius 3 is 2.80 bits per heavy atom. The summed E-state index contributed by atoms with van der Waals surface area (Å²) in [4.78, 5) is 23.8. The van der Waals surface area contributed by atoms with Crippen LogP contribution < -0.4 is 15.5 Å². The first-order chi connectivity index (χ1) is 12.3. The Hall–Kier alpha value is -2.47. The van der Waals surface area contributed by atoms with Crippen LogP contribution >= 0.6 is 0 Å². The average Bonchev–Trinajstić information content (AvgIpc) is 2.94. The lowest BCUT2D eigenvalue weighted by atomic mass is 10.0. The number of anilines is 2. The van der Waals surface area contributed by atoms with Gasteiger partial charge in [0.05, 0.1) is 12.2 Å². The van der Waals surface area contributed by atoms with Gasteiger partial charge in [0.1, 0.15) is 0 Å². The zero-order valence-corrected chi connectivity index (χ0v) is 14.1. The highest BCUT2D eigenvalue weighted by molar-refractivity contribution is 5.94. The van der Waals surface area contributed by atoms with E-state index in [4.69, 9.17) is 9.97 Å². The number of benzene rings is 1. The predicted octanol–water partition coefficient (Wildman–Crippen LogP) is 1.88. The van der Waals surface area contributed by atoms with Gasteiger partial charge in [0.25, 0.3) is 0 Å². The van der Waals surface area contributed by atoms with E-state index < -0.39 is 0 Å². The van der Waals surface area contributed by atoms with E-state index in [-0.39, 0.29) is 5.91 Å². The van der Waals surface area contributed by atoms with Crippen molar-refractivity contribution in [3.05, 3.63) is 35.0 Å². The van der Waals surface area contributed by atoms with Crippen LogP contribution in [0.15, 0.2) is 18.2 Å². The largest absolute Gasteiger partial charge is 0.341 e. The Morgan fingerprint density at radius 2 is 1.96 bits per heavy atom. The van der Waals surface area contributed by atoms with Crippen LogP contribution in [0.3, 0.4) is 0 Å². The lowest BCUT2D eigenvalue weighted by Crippen LogP contribution is -2.38. The van der Waals surface area contributed by atoms with Crippen LogP contribution in [0.1, 0.15) is 29.7 Å². The van der Waals surface area contributed by atoms with Crippen molar-refractivity contribution in [1.29, 1.82) is 0 Å². The van der Waals surface area contributed by atoms with E-state index in [2.05, 4.69) is 33.7 Å². The van der Waals surface area contributed by atoms with Gasteiger partial charge in [-0.1, -0.05) is 12.1 Å². The molecule has 5 rings (SSSR count). The van der Waals surface area contributed by atoms with E-state index in [0.29, 0.717) is 13.1 Å². The van der Waals surface area contributed by atoms with Crippen molar-refractivity contribution >= 4 is 17.5 Å². The molecule has 0 atom stereocenters. The van der Waals surface area contributed by atoms with Crippen LogP contribution in [-0.2, 0) is 24.2 Å². The van der Waals surface area contributed by atoms with E-state index in [1.165, 1.54) is 17.7 Å². The topological polar surface area (TPSA) is 70.2 Å². The summed E-state index contributed by atoms with van der Waals surface area (Å²) in [7, 11) is 0. The minimum absolute atomic E-state index is 0.00471. The number of carbonyl (C=O) groups is 1. The fraction of sp³-hybridized carbons (Fsp3) is 0.421. The number of amides is 1. The van der Waals surface area contributed by atoms with Crippen LogP contribution in [0.4, 0.5) is 11.6 Å². The second-order valence-corrected chi connectivity index (χ2v) is 7.02. The van der Waals surface area contributed by atoms with Crippen molar-refractivity contribution in [2.24, 2.45) is 0 Å². The third-order valence-electron chi connectivity index (χ3n) is 5.32. The van der Waals surface area contributed by atoms with Gasteiger partial charge >= 0.3 is 0 Å². The number of nitrogens with one attached hydrogen (secondary N) is 2. The lowest BCUT2D eigenvalue weighted by molar-refractivity contribution is -0.115. The molecule has 25 heavy (non-hydrogen) atoms. The zero-order chi connectivity index (χ0) is 16.8. The third-order valence-corrected chi connectivity index (χ3v) is 5.32. The van der Waals surface area contributed by atoms with Crippen LogP contribution in [0, 0.1) is 0 Å². The van der Waals surface area contributed by atoms with E-state index in [0.717, 1.165) is 60.8 Å². The fourth-order valence-electron chi connectivity index (χ4n) is 3.82. The summed E-state index contributed by atoms with van der Waals surface area (Å²) in [5.41, 5.74) is 6.60. The van der Waals surface area contributed by atoms with Crippen molar-refractivity contribution in [2.75, 3.05) is 29.9 Å². The number of carbonyl (C=O) groups excluding carboxylic acids is 1. The molecule has 6 heteroatoms. The number of fused-ring (bicyclic) bond motifs is 2. The highest BCUT2D eigenvalue weighted by Gasteiger charge is 2.25. The zero-order valence-electron chi connectivity index (χ0n) is 14.1. The fourth-order valence-corrected chi connectivity index (χ4v) is 3.82. The highest BCUT2D eigenvalue weighted by atomic mass is 16.1. The summed E-state index contributed by atoms with van der Waals surface area (Å²) in [6, 6.07) is 6.29. The third kappa shape index (κ3) is 2.57. The summed E-state index contributed by atoms with van der Waals surface area (Å²) in [6.45, 7) is 3.15. The van der Waals surface area contributed by atoms with E-state index in [1.807, 2.05) is 0 Å². The molecule has 3 aliphatic rings. The molecule has 2 aliphatic heterocycles. The van der Waals surface area contributed by atoms with Crippen molar-refractivity contribution in [3.63, 3.8) is 0 Å². The maximum atomic E-state index is 11.9. The van der Waals surface area contributed by atoms with E-state index in [9.17, 15) is 4.79 Å². The van der Waals surface area contributed by atoms with Crippen LogP contribution in [0.5, 0.6) is 0 Å². The molecule has 0 spiro atoms. The van der Waals surface area contributed by atoms with E-state index in [1.54, 1.807) is 0 Å². The Morgan fingerprint density at radius 1 is 1.04 bits per heavy atom. The quantitative estimate of drug-likeness (QED) is 0.877. The minimum atomic E-state index is 0.00471. The van der Waals surface area contributed by atoms with Crippen LogP contribution in [0.2, 0.25) is 0 Å². The molecular formula is C19H21N5O. The molecule has 0 radical (unpaired) electrons. The minimum Gasteiger partial charge on any atom is -0.341 e. The first-order valence-electron chi connectivity index (χ1n) is 9.06. The van der Waals surface area contributed by atoms with Crippen molar-refractivity contribution < 1.29 is 4.79 Å². The monoisotopic (exact) mass is 335 g/mol. The molecule has 128 valence electrons. The number of rotatable bonds is 2. The van der Waals surface area contributed by atoms with Gasteiger partial charge in [-0.3, -0.25) is 4.79 Å².